The van der Waals surface area contributed by atoms with Gasteiger partial charge in [-0.3, -0.25) is 0 Å². The van der Waals surface area contributed by atoms with E-state index in [1.54, 1.807) is 12.1 Å². The summed E-state index contributed by atoms with van der Waals surface area (Å²) in [5, 5.41) is 5.31. The van der Waals surface area contributed by atoms with E-state index in [2.05, 4.69) is 5.16 Å². The van der Waals surface area contributed by atoms with Gasteiger partial charge < -0.3 is 15.0 Å². The molecule has 0 aliphatic carbocycles. The molecule has 0 unspecified atom stereocenters. The molecule has 0 aliphatic rings. The highest BCUT2D eigenvalue weighted by molar-refractivity contribution is 6.38. The minimum absolute atomic E-state index is 0.361. The molecule has 0 spiro atoms. The Morgan fingerprint density at radius 3 is 2.93 bits per heavy atom. The molecule has 0 aliphatic heterocycles. The maximum absolute atomic E-state index is 5.91. The van der Waals surface area contributed by atoms with Crippen molar-refractivity contribution < 1.29 is 9.26 Å². The lowest BCUT2D eigenvalue weighted by molar-refractivity contribution is 0.293. The van der Waals surface area contributed by atoms with Crippen molar-refractivity contribution in [2.75, 3.05) is 13.2 Å². The van der Waals surface area contributed by atoms with Crippen LogP contribution >= 0.6 is 23.2 Å². The Labute approximate surface area is 95.9 Å². The Bertz CT molecular complexity index is 484. The number of benzene rings is 1. The largest absolute Gasteiger partial charge is 0.474 e. The Morgan fingerprint density at radius 1 is 1.40 bits per heavy atom. The molecular formula is C9H8Cl2N2O2. The summed E-state index contributed by atoms with van der Waals surface area (Å²) in [7, 11) is 0. The van der Waals surface area contributed by atoms with Gasteiger partial charge >= 0.3 is 0 Å². The molecule has 2 rings (SSSR count). The van der Waals surface area contributed by atoms with Crippen LogP contribution in [0.1, 0.15) is 0 Å². The fourth-order valence-electron chi connectivity index (χ4n) is 1.21. The molecule has 0 saturated carbocycles. The first-order valence-electron chi connectivity index (χ1n) is 4.29. The van der Waals surface area contributed by atoms with Crippen LogP contribution in [0.5, 0.6) is 5.88 Å². The van der Waals surface area contributed by atoms with Gasteiger partial charge in [-0.2, -0.15) is 0 Å². The summed E-state index contributed by atoms with van der Waals surface area (Å²) in [6.07, 6.45) is 0. The molecule has 0 fully saturated rings. The number of ether oxygens (including phenoxy) is 1. The molecule has 2 aromatic rings. The van der Waals surface area contributed by atoms with Crippen LogP contribution in [-0.4, -0.2) is 18.3 Å². The SMILES string of the molecule is NCCOc1noc2c(Cl)cc(Cl)cc12. The van der Waals surface area contributed by atoms with Crippen molar-refractivity contribution in [3.8, 4) is 5.88 Å². The van der Waals surface area contributed by atoms with Crippen molar-refractivity contribution in [2.24, 2.45) is 5.73 Å². The first-order chi connectivity index (χ1) is 7.22. The van der Waals surface area contributed by atoms with Crippen molar-refractivity contribution in [1.82, 2.24) is 5.16 Å². The third-order valence-corrected chi connectivity index (χ3v) is 2.31. The molecule has 80 valence electrons. The molecule has 1 aromatic heterocycles. The zero-order valence-electron chi connectivity index (χ0n) is 7.67. The molecule has 1 aromatic carbocycles. The van der Waals surface area contributed by atoms with E-state index in [0.29, 0.717) is 40.0 Å². The second-order valence-electron chi connectivity index (χ2n) is 2.89. The first kappa shape index (κ1) is 10.5. The van der Waals surface area contributed by atoms with Gasteiger partial charge in [-0.1, -0.05) is 23.2 Å². The van der Waals surface area contributed by atoms with E-state index in [-0.39, 0.29) is 0 Å². The van der Waals surface area contributed by atoms with Crippen molar-refractivity contribution in [3.05, 3.63) is 22.2 Å². The van der Waals surface area contributed by atoms with E-state index in [0.717, 1.165) is 0 Å². The van der Waals surface area contributed by atoms with Crippen LogP contribution in [0.3, 0.4) is 0 Å². The summed E-state index contributed by atoms with van der Waals surface area (Å²) >= 11 is 11.8. The van der Waals surface area contributed by atoms with E-state index in [1.165, 1.54) is 0 Å². The van der Waals surface area contributed by atoms with E-state index >= 15 is 0 Å². The average Bonchev–Trinajstić information content (AvgIpc) is 2.58. The highest BCUT2D eigenvalue weighted by Gasteiger charge is 2.13. The fraction of sp³-hybridized carbons (Fsp3) is 0.222. The zero-order chi connectivity index (χ0) is 10.8. The molecule has 0 saturated heterocycles. The lowest BCUT2D eigenvalue weighted by atomic mass is 10.2. The molecule has 0 bridgehead atoms. The summed E-state index contributed by atoms with van der Waals surface area (Å²) in [6, 6.07) is 3.27. The third-order valence-electron chi connectivity index (χ3n) is 1.82. The number of fused-ring (bicyclic) bond motifs is 1. The van der Waals surface area contributed by atoms with Gasteiger partial charge in [0.25, 0.3) is 5.88 Å². The smallest absolute Gasteiger partial charge is 0.262 e. The van der Waals surface area contributed by atoms with E-state index in [1.807, 2.05) is 0 Å². The van der Waals surface area contributed by atoms with Crippen LogP contribution in [0.2, 0.25) is 10.0 Å². The van der Waals surface area contributed by atoms with Crippen molar-refractivity contribution >= 4 is 34.2 Å². The van der Waals surface area contributed by atoms with Gasteiger partial charge in [0.05, 0.1) is 10.4 Å². The number of nitrogens with zero attached hydrogens (tertiary/aromatic N) is 1. The lowest BCUT2D eigenvalue weighted by Crippen LogP contribution is -2.10. The molecular weight excluding hydrogens is 239 g/mol. The van der Waals surface area contributed by atoms with Gasteiger partial charge in [0.1, 0.15) is 6.61 Å². The van der Waals surface area contributed by atoms with Gasteiger partial charge in [0.15, 0.2) is 5.58 Å². The topological polar surface area (TPSA) is 61.3 Å². The number of hydrogen-bond acceptors (Lipinski definition) is 4. The normalized spacial score (nSPS) is 10.9. The summed E-state index contributed by atoms with van der Waals surface area (Å²) in [4.78, 5) is 0. The maximum Gasteiger partial charge on any atom is 0.262 e. The van der Waals surface area contributed by atoms with Crippen molar-refractivity contribution in [2.45, 2.75) is 0 Å². The maximum atomic E-state index is 5.91. The summed E-state index contributed by atoms with van der Waals surface area (Å²) < 4.78 is 10.3. The third kappa shape index (κ3) is 2.02. The van der Waals surface area contributed by atoms with Gasteiger partial charge in [-0.05, 0) is 17.3 Å². The number of aromatic nitrogens is 1. The minimum atomic E-state index is 0.361. The number of nitrogens with two attached hydrogens (primary N) is 1. The first-order valence-corrected chi connectivity index (χ1v) is 5.05. The van der Waals surface area contributed by atoms with Crippen LogP contribution in [0.15, 0.2) is 16.7 Å². The molecule has 2 N–H and O–H groups in total. The van der Waals surface area contributed by atoms with Crippen LogP contribution in [0.4, 0.5) is 0 Å². The molecule has 0 radical (unpaired) electrons. The van der Waals surface area contributed by atoms with Crippen molar-refractivity contribution in [1.29, 1.82) is 0 Å². The number of halogens is 2. The van der Waals surface area contributed by atoms with E-state index in [4.69, 9.17) is 38.2 Å². The number of hydrogen-bond donors (Lipinski definition) is 1. The summed E-state index contributed by atoms with van der Waals surface area (Å²) in [6.45, 7) is 0.772. The summed E-state index contributed by atoms with van der Waals surface area (Å²) in [5.41, 5.74) is 5.78. The fourth-order valence-corrected chi connectivity index (χ4v) is 1.74. The Kier molecular flexibility index (Phi) is 3.00. The average molecular weight is 247 g/mol. The zero-order valence-corrected chi connectivity index (χ0v) is 9.18. The predicted molar refractivity (Wildman–Crippen MR) is 58.6 cm³/mol. The quantitative estimate of drug-likeness (QED) is 0.904. The minimum Gasteiger partial charge on any atom is -0.474 e. The van der Waals surface area contributed by atoms with Gasteiger partial charge in [-0.15, -0.1) is 0 Å². The van der Waals surface area contributed by atoms with Crippen molar-refractivity contribution in [3.63, 3.8) is 0 Å². The second-order valence-corrected chi connectivity index (χ2v) is 3.73. The molecule has 0 atom stereocenters. The molecule has 6 heteroatoms. The Morgan fingerprint density at radius 2 is 2.20 bits per heavy atom. The highest BCUT2D eigenvalue weighted by atomic mass is 35.5. The summed E-state index contributed by atoms with van der Waals surface area (Å²) in [5.74, 6) is 0.361. The van der Waals surface area contributed by atoms with Crippen LogP contribution < -0.4 is 10.5 Å². The van der Waals surface area contributed by atoms with E-state index in [9.17, 15) is 0 Å². The van der Waals surface area contributed by atoms with Gasteiger partial charge in [0.2, 0.25) is 0 Å². The molecule has 1 heterocycles. The molecule has 0 amide bonds. The predicted octanol–water partition coefficient (Wildman–Crippen LogP) is 2.47. The van der Waals surface area contributed by atoms with Crippen LogP contribution in [0.25, 0.3) is 11.0 Å². The lowest BCUT2D eigenvalue weighted by Gasteiger charge is -1.99. The van der Waals surface area contributed by atoms with E-state index < -0.39 is 0 Å². The monoisotopic (exact) mass is 246 g/mol. The Balaban J connectivity index is 2.49. The second kappa shape index (κ2) is 4.26. The standard InChI is InChI=1S/C9H8Cl2N2O2/c10-5-3-6-8(7(11)4-5)15-13-9(6)14-2-1-12/h3-4H,1-2,12H2. The van der Waals surface area contributed by atoms with Gasteiger partial charge in [0, 0.05) is 11.6 Å². The van der Waals surface area contributed by atoms with Gasteiger partial charge in [-0.25, -0.2) is 0 Å². The molecule has 4 nitrogen and oxygen atoms in total. The molecule has 15 heavy (non-hydrogen) atoms. The van der Waals surface area contributed by atoms with Crippen LogP contribution in [0, 0.1) is 0 Å². The number of rotatable bonds is 3. The Hall–Kier alpha value is -0.970. The highest BCUT2D eigenvalue weighted by Crippen LogP contribution is 2.33. The van der Waals surface area contributed by atoms with Crippen LogP contribution in [-0.2, 0) is 0 Å².